The maximum atomic E-state index is 8.89. The summed E-state index contributed by atoms with van der Waals surface area (Å²) in [4.78, 5) is 4.26. The molecule has 6 nitrogen and oxygen atoms in total. The van der Waals surface area contributed by atoms with Crippen molar-refractivity contribution in [1.82, 2.24) is 19.7 Å². The van der Waals surface area contributed by atoms with E-state index < -0.39 is 0 Å². The Bertz CT molecular complexity index is 1120. The van der Waals surface area contributed by atoms with E-state index >= 15 is 0 Å². The fourth-order valence-electron chi connectivity index (χ4n) is 3.38. The minimum absolute atomic E-state index is 0.154. The molecule has 0 saturated heterocycles. The van der Waals surface area contributed by atoms with Crippen molar-refractivity contribution in [1.29, 1.82) is 0 Å². The Balaban J connectivity index is 1.56. The molecule has 7 heteroatoms. The van der Waals surface area contributed by atoms with E-state index in [1.165, 1.54) is 6.42 Å². The molecule has 1 aromatic carbocycles. The number of pyridine rings is 1. The predicted molar refractivity (Wildman–Crippen MR) is 121 cm³/mol. The van der Waals surface area contributed by atoms with Gasteiger partial charge in [0.15, 0.2) is 11.0 Å². The number of rotatable bonds is 6. The zero-order valence-corrected chi connectivity index (χ0v) is 18.2. The first-order valence-corrected chi connectivity index (χ1v) is 11.1. The highest BCUT2D eigenvalue weighted by Gasteiger charge is 2.19. The summed E-state index contributed by atoms with van der Waals surface area (Å²) in [6.07, 6.45) is 11.6. The van der Waals surface area contributed by atoms with E-state index in [0.29, 0.717) is 5.25 Å². The van der Waals surface area contributed by atoms with E-state index in [1.807, 2.05) is 48.0 Å². The maximum Gasteiger partial charge on any atom is 0.196 e. The molecule has 0 bridgehead atoms. The van der Waals surface area contributed by atoms with Gasteiger partial charge in [-0.2, -0.15) is 0 Å². The topological polar surface area (TPSA) is 73.1 Å². The number of aryl methyl sites for hydroxylation is 1. The Labute approximate surface area is 186 Å². The highest BCUT2D eigenvalue weighted by atomic mass is 32.2. The van der Waals surface area contributed by atoms with Crippen LogP contribution in [0, 0.1) is 18.8 Å². The fraction of sp³-hybridized carbons (Fsp3) is 0.292. The van der Waals surface area contributed by atoms with Crippen LogP contribution in [0.3, 0.4) is 0 Å². The third kappa shape index (κ3) is 5.35. The van der Waals surface area contributed by atoms with Crippen LogP contribution in [0.4, 0.5) is 0 Å². The molecule has 0 fully saturated rings. The van der Waals surface area contributed by atoms with Gasteiger partial charge in [0.2, 0.25) is 0 Å². The quantitative estimate of drug-likeness (QED) is 0.467. The van der Waals surface area contributed by atoms with Crippen molar-refractivity contribution >= 4 is 11.8 Å². The van der Waals surface area contributed by atoms with Gasteiger partial charge in [-0.3, -0.25) is 9.55 Å². The zero-order valence-electron chi connectivity index (χ0n) is 17.4. The molecule has 1 aliphatic rings. The summed E-state index contributed by atoms with van der Waals surface area (Å²) in [7, 11) is 0. The molecule has 158 valence electrons. The van der Waals surface area contributed by atoms with Gasteiger partial charge >= 0.3 is 0 Å². The molecule has 3 aromatic rings. The van der Waals surface area contributed by atoms with Gasteiger partial charge in [0, 0.05) is 17.0 Å². The molecule has 0 aliphatic heterocycles. The van der Waals surface area contributed by atoms with Gasteiger partial charge in [0.05, 0.1) is 11.9 Å². The van der Waals surface area contributed by atoms with Crippen molar-refractivity contribution in [3.63, 3.8) is 0 Å². The highest BCUT2D eigenvalue weighted by Crippen LogP contribution is 2.31. The van der Waals surface area contributed by atoms with E-state index in [9.17, 15) is 0 Å². The van der Waals surface area contributed by atoms with Crippen molar-refractivity contribution in [2.75, 3.05) is 6.61 Å². The molecule has 1 unspecified atom stereocenters. The van der Waals surface area contributed by atoms with Crippen LogP contribution >= 0.6 is 11.8 Å². The maximum absolute atomic E-state index is 8.89. The zero-order chi connectivity index (χ0) is 21.5. The number of benzene rings is 1. The normalized spacial score (nSPS) is 15.4. The Morgan fingerprint density at radius 2 is 2.23 bits per heavy atom. The van der Waals surface area contributed by atoms with E-state index in [4.69, 9.17) is 9.84 Å². The number of aromatic nitrogens is 4. The molecule has 2 heterocycles. The first kappa shape index (κ1) is 21.2. The Morgan fingerprint density at radius 3 is 2.97 bits per heavy atom. The molecule has 1 atom stereocenters. The van der Waals surface area contributed by atoms with Gasteiger partial charge in [-0.05, 0) is 62.1 Å². The molecule has 31 heavy (non-hydrogen) atoms. The van der Waals surface area contributed by atoms with Crippen LogP contribution < -0.4 is 4.74 Å². The minimum Gasteiger partial charge on any atom is -0.486 e. The first-order valence-electron chi connectivity index (χ1n) is 10.3. The molecule has 0 spiro atoms. The lowest BCUT2D eigenvalue weighted by molar-refractivity contribution is 0.292. The number of allylic oxidation sites excluding steroid dienone is 1. The highest BCUT2D eigenvalue weighted by molar-refractivity contribution is 7.99. The number of aliphatic hydroxyl groups is 1. The van der Waals surface area contributed by atoms with Gasteiger partial charge in [0.25, 0.3) is 0 Å². The van der Waals surface area contributed by atoms with Crippen molar-refractivity contribution in [2.45, 2.75) is 43.2 Å². The molecular weight excluding hydrogens is 408 g/mol. The second kappa shape index (κ2) is 10.3. The van der Waals surface area contributed by atoms with E-state index in [1.54, 1.807) is 18.0 Å². The smallest absolute Gasteiger partial charge is 0.196 e. The predicted octanol–water partition coefficient (Wildman–Crippen LogP) is 4.09. The molecule has 1 aliphatic carbocycles. The fourth-order valence-corrected chi connectivity index (χ4v) is 4.53. The number of thioether (sulfide) groups is 1. The van der Waals surface area contributed by atoms with Gasteiger partial charge < -0.3 is 9.84 Å². The average Bonchev–Trinajstić information content (AvgIpc) is 3.20. The van der Waals surface area contributed by atoms with E-state index in [-0.39, 0.29) is 13.2 Å². The summed E-state index contributed by atoms with van der Waals surface area (Å²) in [5.74, 6) is 7.07. The molecule has 0 radical (unpaired) electrons. The molecule has 0 amide bonds. The standard InChI is InChI=1S/C24H24N4O2S/c1-18-15-21(12-11-19(18)7-6-14-29)30-17-23-26-27-24(31-22-9-3-2-4-10-22)28(23)20-8-5-13-25-16-20/h3,5,8-9,11-13,15-16,22,29H,2,4,10,14,17H2,1H3. The van der Waals surface area contributed by atoms with Gasteiger partial charge in [-0.25, -0.2) is 0 Å². The third-order valence-corrected chi connectivity index (χ3v) is 6.11. The first-order chi connectivity index (χ1) is 15.2. The summed E-state index contributed by atoms with van der Waals surface area (Å²) in [6.45, 7) is 2.10. The van der Waals surface area contributed by atoms with Crippen LogP contribution in [0.25, 0.3) is 5.69 Å². The molecular formula is C24H24N4O2S. The molecule has 1 N–H and O–H groups in total. The largest absolute Gasteiger partial charge is 0.486 e. The van der Waals surface area contributed by atoms with Crippen LogP contribution in [-0.2, 0) is 6.61 Å². The Morgan fingerprint density at radius 1 is 1.29 bits per heavy atom. The van der Waals surface area contributed by atoms with Crippen LogP contribution in [0.15, 0.2) is 60.0 Å². The van der Waals surface area contributed by atoms with Crippen molar-refractivity contribution in [3.8, 4) is 23.3 Å². The molecule has 4 rings (SSSR count). The van der Waals surface area contributed by atoms with Crippen LogP contribution in [-0.4, -0.2) is 36.7 Å². The SMILES string of the molecule is Cc1cc(OCc2nnc(SC3C=CCCC3)n2-c2cccnc2)ccc1C#CCO. The van der Waals surface area contributed by atoms with Crippen LogP contribution in [0.5, 0.6) is 5.75 Å². The second-order valence-electron chi connectivity index (χ2n) is 7.19. The average molecular weight is 433 g/mol. The summed E-state index contributed by atoms with van der Waals surface area (Å²) < 4.78 is 8.06. The van der Waals surface area contributed by atoms with Crippen molar-refractivity contribution in [2.24, 2.45) is 0 Å². The van der Waals surface area contributed by atoms with Crippen molar-refractivity contribution in [3.05, 3.63) is 71.8 Å². The number of aliphatic hydroxyl groups excluding tert-OH is 1. The van der Waals surface area contributed by atoms with Crippen LogP contribution in [0.1, 0.15) is 36.2 Å². The van der Waals surface area contributed by atoms with Crippen molar-refractivity contribution < 1.29 is 9.84 Å². The van der Waals surface area contributed by atoms with Gasteiger partial charge in [-0.15, -0.1) is 10.2 Å². The summed E-state index contributed by atoms with van der Waals surface area (Å²) >= 11 is 1.72. The number of ether oxygens (including phenoxy) is 1. The Hall–Kier alpha value is -3.08. The van der Waals surface area contributed by atoms with Gasteiger partial charge in [-0.1, -0.05) is 35.8 Å². The lowest BCUT2D eigenvalue weighted by Gasteiger charge is -2.16. The Kier molecular flexibility index (Phi) is 7.03. The van der Waals surface area contributed by atoms with E-state index in [2.05, 4.69) is 39.2 Å². The minimum atomic E-state index is -0.154. The number of nitrogens with zero attached hydrogens (tertiary/aromatic N) is 4. The third-order valence-electron chi connectivity index (χ3n) is 4.94. The molecule has 2 aromatic heterocycles. The summed E-state index contributed by atoms with van der Waals surface area (Å²) in [5.41, 5.74) is 2.78. The monoisotopic (exact) mass is 432 g/mol. The lowest BCUT2D eigenvalue weighted by atomic mass is 10.1. The molecule has 0 saturated carbocycles. The second-order valence-corrected chi connectivity index (χ2v) is 8.39. The summed E-state index contributed by atoms with van der Waals surface area (Å²) in [6, 6.07) is 9.62. The number of hydrogen-bond acceptors (Lipinski definition) is 6. The van der Waals surface area contributed by atoms with Crippen LogP contribution in [0.2, 0.25) is 0 Å². The van der Waals surface area contributed by atoms with Gasteiger partial charge in [0.1, 0.15) is 19.0 Å². The lowest BCUT2D eigenvalue weighted by Crippen LogP contribution is -2.09. The number of hydrogen-bond donors (Lipinski definition) is 1. The summed E-state index contributed by atoms with van der Waals surface area (Å²) in [5, 5.41) is 19.0. The van der Waals surface area contributed by atoms with E-state index in [0.717, 1.165) is 46.4 Å².